The standard InChI is InChI=1S/C16H24Cl2N2O2/c1-22-16-10-14(17)12(9-15(16)18)11-19-5-2-6-20-7-3-13(21)4-8-20/h9-10,13,19,21H,2-8,11H2,1H3. The van der Waals surface area contributed by atoms with Gasteiger partial charge in [-0.2, -0.15) is 0 Å². The Balaban J connectivity index is 1.67. The molecule has 0 aromatic heterocycles. The van der Waals surface area contributed by atoms with Gasteiger partial charge in [0.2, 0.25) is 0 Å². The fourth-order valence-electron chi connectivity index (χ4n) is 2.66. The van der Waals surface area contributed by atoms with Crippen LogP contribution in [0.2, 0.25) is 10.0 Å². The summed E-state index contributed by atoms with van der Waals surface area (Å²) in [5.74, 6) is 0.600. The zero-order valence-electron chi connectivity index (χ0n) is 12.9. The second-order valence-electron chi connectivity index (χ2n) is 5.68. The SMILES string of the molecule is COc1cc(Cl)c(CNCCCN2CCC(O)CC2)cc1Cl. The van der Waals surface area contributed by atoms with Crippen molar-refractivity contribution in [2.75, 3.05) is 33.3 Å². The maximum atomic E-state index is 9.48. The molecule has 4 nitrogen and oxygen atoms in total. The molecule has 0 amide bonds. The minimum Gasteiger partial charge on any atom is -0.495 e. The summed E-state index contributed by atoms with van der Waals surface area (Å²) in [6.07, 6.45) is 2.77. The van der Waals surface area contributed by atoms with E-state index in [1.165, 1.54) is 0 Å². The third-order valence-corrected chi connectivity index (χ3v) is 4.67. The molecule has 0 unspecified atom stereocenters. The van der Waals surface area contributed by atoms with Crippen molar-refractivity contribution in [2.24, 2.45) is 0 Å². The van der Waals surface area contributed by atoms with Crippen molar-refractivity contribution in [1.82, 2.24) is 10.2 Å². The van der Waals surface area contributed by atoms with Gasteiger partial charge in [-0.15, -0.1) is 0 Å². The van der Waals surface area contributed by atoms with Crippen LogP contribution < -0.4 is 10.1 Å². The molecule has 2 N–H and O–H groups in total. The number of aliphatic hydroxyl groups excluding tert-OH is 1. The molecule has 1 aromatic carbocycles. The van der Waals surface area contributed by atoms with E-state index in [0.29, 0.717) is 22.3 Å². The molecular formula is C16H24Cl2N2O2. The lowest BCUT2D eigenvalue weighted by molar-refractivity contribution is 0.0821. The van der Waals surface area contributed by atoms with Crippen LogP contribution >= 0.6 is 23.2 Å². The first-order valence-corrected chi connectivity index (χ1v) is 8.49. The molecule has 0 spiro atoms. The number of piperidine rings is 1. The van der Waals surface area contributed by atoms with Gasteiger partial charge in [-0.25, -0.2) is 0 Å². The van der Waals surface area contributed by atoms with Crippen LogP contribution in [0.1, 0.15) is 24.8 Å². The molecule has 0 saturated carbocycles. The van der Waals surface area contributed by atoms with Crippen molar-refractivity contribution in [3.05, 3.63) is 27.7 Å². The largest absolute Gasteiger partial charge is 0.495 e. The summed E-state index contributed by atoms with van der Waals surface area (Å²) in [5.41, 5.74) is 0.980. The Hall–Kier alpha value is -0.520. The Morgan fingerprint density at radius 3 is 2.68 bits per heavy atom. The molecular weight excluding hydrogens is 323 g/mol. The quantitative estimate of drug-likeness (QED) is 0.745. The van der Waals surface area contributed by atoms with Crippen molar-refractivity contribution in [3.63, 3.8) is 0 Å². The third-order valence-electron chi connectivity index (χ3n) is 4.02. The fourth-order valence-corrected chi connectivity index (χ4v) is 3.14. The highest BCUT2D eigenvalue weighted by Crippen LogP contribution is 2.30. The Bertz CT molecular complexity index is 477. The number of nitrogens with one attached hydrogen (secondary N) is 1. The van der Waals surface area contributed by atoms with Gasteiger partial charge in [0.1, 0.15) is 5.75 Å². The van der Waals surface area contributed by atoms with E-state index in [-0.39, 0.29) is 6.10 Å². The Morgan fingerprint density at radius 2 is 2.00 bits per heavy atom. The van der Waals surface area contributed by atoms with Gasteiger partial charge in [-0.1, -0.05) is 23.2 Å². The van der Waals surface area contributed by atoms with E-state index in [4.69, 9.17) is 27.9 Å². The normalized spacial score (nSPS) is 16.9. The smallest absolute Gasteiger partial charge is 0.138 e. The van der Waals surface area contributed by atoms with Crippen LogP contribution in [0.3, 0.4) is 0 Å². The Morgan fingerprint density at radius 1 is 1.27 bits per heavy atom. The lowest BCUT2D eigenvalue weighted by Gasteiger charge is -2.29. The molecule has 6 heteroatoms. The molecule has 0 radical (unpaired) electrons. The van der Waals surface area contributed by atoms with E-state index < -0.39 is 0 Å². The number of nitrogens with zero attached hydrogens (tertiary/aromatic N) is 1. The second-order valence-corrected chi connectivity index (χ2v) is 6.50. The van der Waals surface area contributed by atoms with Crippen molar-refractivity contribution < 1.29 is 9.84 Å². The molecule has 1 aliphatic heterocycles. The predicted molar refractivity (Wildman–Crippen MR) is 91.0 cm³/mol. The van der Waals surface area contributed by atoms with Crippen LogP contribution in [-0.4, -0.2) is 49.4 Å². The van der Waals surface area contributed by atoms with Gasteiger partial charge in [0.05, 0.1) is 18.2 Å². The van der Waals surface area contributed by atoms with E-state index in [1.54, 1.807) is 13.2 Å². The van der Waals surface area contributed by atoms with Crippen LogP contribution in [0.15, 0.2) is 12.1 Å². The second kappa shape index (κ2) is 8.94. The van der Waals surface area contributed by atoms with E-state index in [1.807, 2.05) is 6.07 Å². The summed E-state index contributed by atoms with van der Waals surface area (Å²) in [7, 11) is 1.58. The topological polar surface area (TPSA) is 44.7 Å². The van der Waals surface area contributed by atoms with Crippen molar-refractivity contribution in [2.45, 2.75) is 31.9 Å². The van der Waals surface area contributed by atoms with E-state index in [9.17, 15) is 5.11 Å². The van der Waals surface area contributed by atoms with Gasteiger partial charge in [0, 0.05) is 30.7 Å². The molecule has 0 aliphatic carbocycles. The van der Waals surface area contributed by atoms with Crippen molar-refractivity contribution in [1.29, 1.82) is 0 Å². The molecule has 2 rings (SSSR count). The zero-order chi connectivity index (χ0) is 15.9. The zero-order valence-corrected chi connectivity index (χ0v) is 14.5. The van der Waals surface area contributed by atoms with Crippen LogP contribution in [0, 0.1) is 0 Å². The first-order chi connectivity index (χ1) is 10.6. The number of halogens is 2. The van der Waals surface area contributed by atoms with Gasteiger partial charge in [-0.3, -0.25) is 0 Å². The number of hydrogen-bond donors (Lipinski definition) is 2. The highest BCUT2D eigenvalue weighted by molar-refractivity contribution is 6.34. The predicted octanol–water partition coefficient (Wildman–Crippen LogP) is 2.94. The van der Waals surface area contributed by atoms with Gasteiger partial charge in [0.15, 0.2) is 0 Å². The summed E-state index contributed by atoms with van der Waals surface area (Å²) < 4.78 is 5.14. The number of rotatable bonds is 7. The number of benzene rings is 1. The lowest BCUT2D eigenvalue weighted by Crippen LogP contribution is -2.37. The first kappa shape index (κ1) is 17.8. The highest BCUT2D eigenvalue weighted by Gasteiger charge is 2.16. The molecule has 1 saturated heterocycles. The van der Waals surface area contributed by atoms with E-state index >= 15 is 0 Å². The van der Waals surface area contributed by atoms with Gasteiger partial charge in [-0.05, 0) is 44.0 Å². The summed E-state index contributed by atoms with van der Waals surface area (Å²) in [6.45, 7) is 4.69. The molecule has 0 bridgehead atoms. The average Bonchev–Trinajstić information content (AvgIpc) is 2.51. The molecule has 1 heterocycles. The monoisotopic (exact) mass is 346 g/mol. The summed E-state index contributed by atoms with van der Waals surface area (Å²) >= 11 is 12.3. The van der Waals surface area contributed by atoms with Gasteiger partial charge in [0.25, 0.3) is 0 Å². The minimum absolute atomic E-state index is 0.101. The minimum atomic E-state index is -0.101. The number of likely N-dealkylation sites (tertiary alicyclic amines) is 1. The maximum absolute atomic E-state index is 9.48. The Kier molecular flexibility index (Phi) is 7.25. The van der Waals surface area contributed by atoms with E-state index in [2.05, 4.69) is 10.2 Å². The molecule has 0 atom stereocenters. The molecule has 124 valence electrons. The van der Waals surface area contributed by atoms with Crippen LogP contribution in [0.4, 0.5) is 0 Å². The number of aliphatic hydroxyl groups is 1. The molecule has 1 aliphatic rings. The van der Waals surface area contributed by atoms with Crippen LogP contribution in [-0.2, 0) is 6.54 Å². The highest BCUT2D eigenvalue weighted by atomic mass is 35.5. The number of methoxy groups -OCH3 is 1. The molecule has 1 fully saturated rings. The van der Waals surface area contributed by atoms with Crippen LogP contribution in [0.5, 0.6) is 5.75 Å². The molecule has 1 aromatic rings. The number of hydrogen-bond acceptors (Lipinski definition) is 4. The molecule has 22 heavy (non-hydrogen) atoms. The van der Waals surface area contributed by atoms with Gasteiger partial charge < -0.3 is 20.1 Å². The van der Waals surface area contributed by atoms with Crippen molar-refractivity contribution in [3.8, 4) is 5.75 Å². The van der Waals surface area contributed by atoms with Crippen molar-refractivity contribution >= 4 is 23.2 Å². The Labute approximate surface area is 142 Å². The van der Waals surface area contributed by atoms with E-state index in [0.717, 1.165) is 51.0 Å². The maximum Gasteiger partial charge on any atom is 0.138 e. The fraction of sp³-hybridized carbons (Fsp3) is 0.625. The summed E-state index contributed by atoms with van der Waals surface area (Å²) in [4.78, 5) is 2.41. The summed E-state index contributed by atoms with van der Waals surface area (Å²) in [5, 5.41) is 14.1. The first-order valence-electron chi connectivity index (χ1n) is 7.73. The lowest BCUT2D eigenvalue weighted by atomic mass is 10.1. The van der Waals surface area contributed by atoms with Crippen LogP contribution in [0.25, 0.3) is 0 Å². The number of ether oxygens (including phenoxy) is 1. The third kappa shape index (κ3) is 5.28. The van der Waals surface area contributed by atoms with Gasteiger partial charge >= 0.3 is 0 Å². The summed E-state index contributed by atoms with van der Waals surface area (Å²) in [6, 6.07) is 3.60. The average molecular weight is 347 g/mol.